The topological polar surface area (TPSA) is 97.5 Å². The highest BCUT2D eigenvalue weighted by Gasteiger charge is 1.95. The summed E-state index contributed by atoms with van der Waals surface area (Å²) in [6, 6.07) is 5.34. The van der Waals surface area contributed by atoms with Crippen LogP contribution in [0.1, 0.15) is 11.1 Å². The van der Waals surface area contributed by atoms with Crippen molar-refractivity contribution in [3.8, 4) is 0 Å². The molecule has 1 rings (SSSR count). The van der Waals surface area contributed by atoms with Gasteiger partial charge >= 0.3 is 0 Å². The Bertz CT molecular complexity index is 425. The summed E-state index contributed by atoms with van der Waals surface area (Å²) < 4.78 is 0. The molecule has 0 bridgehead atoms. The first kappa shape index (κ1) is 9.92. The largest absolute Gasteiger partial charge is 0.0893 e. The quantitative estimate of drug-likeness (QED) is 0.392. The third-order valence-electron chi connectivity index (χ3n) is 1.60. The molecule has 1 aromatic rings. The molecule has 6 nitrogen and oxygen atoms in total. The Morgan fingerprint density at radius 3 is 2.64 bits per heavy atom. The summed E-state index contributed by atoms with van der Waals surface area (Å²) in [5.74, 6) is 0. The summed E-state index contributed by atoms with van der Waals surface area (Å²) in [6.07, 6.45) is 0. The fourth-order valence-electron chi connectivity index (χ4n) is 1.15. The predicted octanol–water partition coefficient (Wildman–Crippen LogP) is 3.75. The molecule has 0 spiro atoms. The van der Waals surface area contributed by atoms with Crippen molar-refractivity contribution in [2.75, 3.05) is 0 Å². The van der Waals surface area contributed by atoms with Crippen LogP contribution in [0.2, 0.25) is 0 Å². The molecule has 6 heteroatoms. The van der Waals surface area contributed by atoms with E-state index in [1.807, 2.05) is 13.0 Å². The van der Waals surface area contributed by atoms with Crippen molar-refractivity contribution in [1.82, 2.24) is 0 Å². The Morgan fingerprint density at radius 1 is 1.21 bits per heavy atom. The highest BCUT2D eigenvalue weighted by atomic mass is 15.1. The maximum atomic E-state index is 8.25. The standard InChI is InChI=1S/C8H8N6/c1-6-2-7(5-11-13-9)4-8(3-6)12-14-10/h2-4H,5H2,1H3. The van der Waals surface area contributed by atoms with Gasteiger partial charge in [-0.15, -0.1) is 0 Å². The Balaban J connectivity index is 3.05. The van der Waals surface area contributed by atoms with Crippen LogP contribution in [0, 0.1) is 6.92 Å². The molecule has 0 aliphatic rings. The lowest BCUT2D eigenvalue weighted by Crippen LogP contribution is -1.81. The van der Waals surface area contributed by atoms with Gasteiger partial charge in [0.15, 0.2) is 0 Å². The second-order valence-corrected chi connectivity index (χ2v) is 2.76. The van der Waals surface area contributed by atoms with Gasteiger partial charge in [-0.2, -0.15) is 0 Å². The molecule has 14 heavy (non-hydrogen) atoms. The Hall–Kier alpha value is -2.16. The number of hydrogen-bond acceptors (Lipinski definition) is 2. The minimum atomic E-state index is 0.270. The lowest BCUT2D eigenvalue weighted by Gasteiger charge is -2.00. The van der Waals surface area contributed by atoms with E-state index in [1.165, 1.54) is 0 Å². The number of nitrogens with zero attached hydrogens (tertiary/aromatic N) is 6. The molecule has 0 amide bonds. The maximum Gasteiger partial charge on any atom is 0.0511 e. The van der Waals surface area contributed by atoms with E-state index in [2.05, 4.69) is 20.1 Å². The van der Waals surface area contributed by atoms with Crippen molar-refractivity contribution in [2.24, 2.45) is 10.2 Å². The van der Waals surface area contributed by atoms with Crippen LogP contribution in [0.4, 0.5) is 5.69 Å². The van der Waals surface area contributed by atoms with Crippen LogP contribution < -0.4 is 0 Å². The minimum absolute atomic E-state index is 0.270. The lowest BCUT2D eigenvalue weighted by atomic mass is 10.1. The third-order valence-corrected chi connectivity index (χ3v) is 1.60. The van der Waals surface area contributed by atoms with E-state index >= 15 is 0 Å². The zero-order chi connectivity index (χ0) is 10.4. The maximum absolute atomic E-state index is 8.25. The molecular formula is C8H8N6. The van der Waals surface area contributed by atoms with E-state index in [1.54, 1.807) is 12.1 Å². The number of hydrogen-bond donors (Lipinski definition) is 0. The third kappa shape index (κ3) is 2.71. The smallest absolute Gasteiger partial charge is 0.0511 e. The van der Waals surface area contributed by atoms with Crippen molar-refractivity contribution in [3.05, 3.63) is 50.2 Å². The van der Waals surface area contributed by atoms with Gasteiger partial charge in [-0.1, -0.05) is 21.9 Å². The van der Waals surface area contributed by atoms with Gasteiger partial charge in [0.1, 0.15) is 0 Å². The molecule has 0 aliphatic heterocycles. The van der Waals surface area contributed by atoms with E-state index in [0.717, 1.165) is 11.1 Å². The summed E-state index contributed by atoms with van der Waals surface area (Å²) >= 11 is 0. The zero-order valence-corrected chi connectivity index (χ0v) is 7.62. The molecule has 0 aromatic heterocycles. The van der Waals surface area contributed by atoms with Gasteiger partial charge in [0.2, 0.25) is 0 Å². The minimum Gasteiger partial charge on any atom is -0.0893 e. The molecule has 0 saturated heterocycles. The zero-order valence-electron chi connectivity index (χ0n) is 7.62. The number of aryl methyl sites for hydroxylation is 1. The summed E-state index contributed by atoms with van der Waals surface area (Å²) in [4.78, 5) is 5.35. The van der Waals surface area contributed by atoms with Gasteiger partial charge in [-0.05, 0) is 35.7 Å². The van der Waals surface area contributed by atoms with Crippen molar-refractivity contribution < 1.29 is 0 Å². The van der Waals surface area contributed by atoms with E-state index in [4.69, 9.17) is 11.1 Å². The second-order valence-electron chi connectivity index (χ2n) is 2.76. The molecule has 0 N–H and O–H groups in total. The van der Waals surface area contributed by atoms with E-state index in [-0.39, 0.29) is 6.54 Å². The van der Waals surface area contributed by atoms with Crippen molar-refractivity contribution >= 4 is 5.69 Å². The van der Waals surface area contributed by atoms with Gasteiger partial charge < -0.3 is 0 Å². The monoisotopic (exact) mass is 188 g/mol. The molecule has 0 saturated carbocycles. The molecule has 70 valence electrons. The molecule has 0 unspecified atom stereocenters. The molecule has 0 heterocycles. The van der Waals surface area contributed by atoms with Gasteiger partial charge in [0.05, 0.1) is 6.54 Å². The molecule has 0 fully saturated rings. The van der Waals surface area contributed by atoms with Crippen molar-refractivity contribution in [1.29, 1.82) is 0 Å². The summed E-state index contributed by atoms with van der Waals surface area (Å²) in [5, 5.41) is 6.91. The van der Waals surface area contributed by atoms with E-state index in [9.17, 15) is 0 Å². The van der Waals surface area contributed by atoms with E-state index in [0.29, 0.717) is 5.69 Å². The van der Waals surface area contributed by atoms with Gasteiger partial charge in [-0.3, -0.25) is 0 Å². The number of benzene rings is 1. The average Bonchev–Trinajstić information content (AvgIpc) is 2.14. The van der Waals surface area contributed by atoms with E-state index < -0.39 is 0 Å². The van der Waals surface area contributed by atoms with Gasteiger partial charge in [-0.25, -0.2) is 0 Å². The van der Waals surface area contributed by atoms with Crippen LogP contribution in [-0.2, 0) is 6.54 Å². The first-order valence-electron chi connectivity index (χ1n) is 3.93. The average molecular weight is 188 g/mol. The number of azide groups is 2. The first-order chi connectivity index (χ1) is 6.76. The van der Waals surface area contributed by atoms with Crippen LogP contribution in [0.3, 0.4) is 0 Å². The summed E-state index contributed by atoms with van der Waals surface area (Å²) in [5.41, 5.74) is 18.7. The van der Waals surface area contributed by atoms with Gasteiger partial charge in [0, 0.05) is 15.5 Å². The molecule has 0 atom stereocenters. The first-order valence-corrected chi connectivity index (χ1v) is 3.93. The Labute approximate surface area is 80.4 Å². The highest BCUT2D eigenvalue weighted by molar-refractivity contribution is 5.43. The second kappa shape index (κ2) is 4.77. The molecule has 0 aliphatic carbocycles. The fourth-order valence-corrected chi connectivity index (χ4v) is 1.15. The predicted molar refractivity (Wildman–Crippen MR) is 52.8 cm³/mol. The molecule has 0 radical (unpaired) electrons. The van der Waals surface area contributed by atoms with Crippen LogP contribution in [0.5, 0.6) is 0 Å². The molecule has 1 aromatic carbocycles. The van der Waals surface area contributed by atoms with Crippen molar-refractivity contribution in [2.45, 2.75) is 13.5 Å². The van der Waals surface area contributed by atoms with Crippen LogP contribution in [-0.4, -0.2) is 0 Å². The highest BCUT2D eigenvalue weighted by Crippen LogP contribution is 2.18. The van der Waals surface area contributed by atoms with Gasteiger partial charge in [0.25, 0.3) is 0 Å². The number of rotatable bonds is 3. The molecular weight excluding hydrogens is 180 g/mol. The van der Waals surface area contributed by atoms with Crippen molar-refractivity contribution in [3.63, 3.8) is 0 Å². The summed E-state index contributed by atoms with van der Waals surface area (Å²) in [7, 11) is 0. The summed E-state index contributed by atoms with van der Waals surface area (Å²) in [6.45, 7) is 2.15. The van der Waals surface area contributed by atoms with Crippen LogP contribution in [0.25, 0.3) is 20.9 Å². The van der Waals surface area contributed by atoms with Crippen LogP contribution >= 0.6 is 0 Å². The normalized spacial score (nSPS) is 8.64. The van der Waals surface area contributed by atoms with Crippen LogP contribution in [0.15, 0.2) is 28.4 Å². The fraction of sp³-hybridized carbons (Fsp3) is 0.250. The Kier molecular flexibility index (Phi) is 3.38. The Morgan fingerprint density at radius 2 is 2.00 bits per heavy atom. The SMILES string of the molecule is Cc1cc(CN=[N+]=[N-])cc(N=[N+]=[N-])c1. The lowest BCUT2D eigenvalue weighted by molar-refractivity contribution is 1.04.